The molecule has 0 aliphatic carbocycles. The third kappa shape index (κ3) is 2.42. The maximum atomic E-state index is 11.5. The van der Waals surface area contributed by atoms with Crippen LogP contribution in [0.25, 0.3) is 0 Å². The highest BCUT2D eigenvalue weighted by Crippen LogP contribution is 2.14. The van der Waals surface area contributed by atoms with Gasteiger partial charge in [0.1, 0.15) is 7.85 Å². The van der Waals surface area contributed by atoms with E-state index in [1.165, 1.54) is 20.3 Å². The molecule has 0 radical (unpaired) electrons. The van der Waals surface area contributed by atoms with Gasteiger partial charge in [-0.1, -0.05) is 12.4 Å². The van der Waals surface area contributed by atoms with Crippen LogP contribution in [0.2, 0.25) is 0 Å². The van der Waals surface area contributed by atoms with Crippen molar-refractivity contribution in [3.05, 3.63) is 34.9 Å². The summed E-state index contributed by atoms with van der Waals surface area (Å²) in [4.78, 5) is 22.8. The van der Waals surface area contributed by atoms with Crippen molar-refractivity contribution in [3.63, 3.8) is 0 Å². The number of esters is 2. The fraction of sp³-hybridized carbons (Fsp3) is 0.273. The average Bonchev–Trinajstić information content (AvgIpc) is 2.35. The van der Waals surface area contributed by atoms with E-state index in [0.29, 0.717) is 17.4 Å². The Morgan fingerprint density at radius 2 is 1.81 bits per heavy atom. The fourth-order valence-corrected chi connectivity index (χ4v) is 1.43. The zero-order valence-corrected chi connectivity index (χ0v) is 9.57. The van der Waals surface area contributed by atoms with E-state index in [1.54, 1.807) is 12.1 Å². The number of hydrogen-bond donors (Lipinski definition) is 0. The number of carbonyl (C=O) groups excluding carboxylic acids is 2. The van der Waals surface area contributed by atoms with Crippen LogP contribution in [-0.4, -0.2) is 34.0 Å². The molecule has 1 aromatic rings. The van der Waals surface area contributed by atoms with Crippen LogP contribution in [0.3, 0.4) is 0 Å². The van der Waals surface area contributed by atoms with Gasteiger partial charge in [-0.2, -0.15) is 0 Å². The Kier molecular flexibility index (Phi) is 4.11. The van der Waals surface area contributed by atoms with E-state index < -0.39 is 11.9 Å². The van der Waals surface area contributed by atoms with Crippen molar-refractivity contribution in [2.45, 2.75) is 6.32 Å². The number of hydrogen-bond acceptors (Lipinski definition) is 4. The summed E-state index contributed by atoms with van der Waals surface area (Å²) >= 11 is 0. The minimum absolute atomic E-state index is 0.347. The molecule has 0 spiro atoms. The molecule has 0 aliphatic heterocycles. The lowest BCUT2D eigenvalue weighted by Gasteiger charge is -2.07. The summed E-state index contributed by atoms with van der Waals surface area (Å²) in [7, 11) is 4.54. The summed E-state index contributed by atoms with van der Waals surface area (Å²) in [6.07, 6.45) is 0.700. The summed E-state index contributed by atoms with van der Waals surface area (Å²) in [5.41, 5.74) is 1.60. The minimum Gasteiger partial charge on any atom is -0.465 e. The van der Waals surface area contributed by atoms with Crippen molar-refractivity contribution in [2.24, 2.45) is 0 Å². The van der Waals surface area contributed by atoms with Gasteiger partial charge in [-0.05, 0) is 17.7 Å². The molecule has 16 heavy (non-hydrogen) atoms. The Morgan fingerprint density at radius 1 is 1.19 bits per heavy atom. The Bertz CT molecular complexity index is 414. The standard InChI is InChI=1S/C11H13BO4/c1-15-10(13)7-3-4-8(6-12)9(5-7)11(14)16-2/h3-5H,6,12H2,1-2H3. The largest absolute Gasteiger partial charge is 0.465 e. The zero-order valence-electron chi connectivity index (χ0n) is 9.57. The first-order valence-corrected chi connectivity index (χ1v) is 4.93. The predicted octanol–water partition coefficient (Wildman–Crippen LogP) is 0.393. The van der Waals surface area contributed by atoms with Crippen molar-refractivity contribution in [2.75, 3.05) is 14.2 Å². The molecule has 0 amide bonds. The molecule has 5 heteroatoms. The van der Waals surface area contributed by atoms with Gasteiger partial charge in [0.15, 0.2) is 0 Å². The van der Waals surface area contributed by atoms with E-state index in [4.69, 9.17) is 0 Å². The molecule has 4 nitrogen and oxygen atoms in total. The maximum absolute atomic E-state index is 11.5. The molecular formula is C11H13BO4. The molecule has 0 N–H and O–H groups in total. The van der Waals surface area contributed by atoms with Gasteiger partial charge in [-0.15, -0.1) is 0 Å². The van der Waals surface area contributed by atoms with E-state index in [1.807, 2.05) is 7.85 Å². The molecule has 0 saturated heterocycles. The number of ether oxygens (including phenoxy) is 2. The number of rotatable bonds is 3. The number of benzene rings is 1. The Hall–Kier alpha value is -1.78. The summed E-state index contributed by atoms with van der Waals surface area (Å²) < 4.78 is 9.24. The molecule has 0 atom stereocenters. The number of methoxy groups -OCH3 is 2. The van der Waals surface area contributed by atoms with E-state index >= 15 is 0 Å². The van der Waals surface area contributed by atoms with Gasteiger partial charge >= 0.3 is 11.9 Å². The molecule has 1 rings (SSSR count). The highest BCUT2D eigenvalue weighted by molar-refractivity contribution is 6.09. The third-order valence-electron chi connectivity index (χ3n) is 2.32. The van der Waals surface area contributed by atoms with Gasteiger partial charge in [0, 0.05) is 0 Å². The van der Waals surface area contributed by atoms with Crippen LogP contribution < -0.4 is 0 Å². The van der Waals surface area contributed by atoms with Crippen molar-refractivity contribution in [1.82, 2.24) is 0 Å². The Balaban J connectivity index is 3.21. The molecule has 0 fully saturated rings. The van der Waals surface area contributed by atoms with Crippen molar-refractivity contribution >= 4 is 19.8 Å². The van der Waals surface area contributed by atoms with Crippen molar-refractivity contribution < 1.29 is 19.1 Å². The van der Waals surface area contributed by atoms with Crippen LogP contribution in [0, 0.1) is 0 Å². The lowest BCUT2D eigenvalue weighted by molar-refractivity contribution is 0.0598. The first-order chi connectivity index (χ1) is 7.63. The van der Waals surface area contributed by atoms with Crippen molar-refractivity contribution in [3.8, 4) is 0 Å². The fourth-order valence-electron chi connectivity index (χ4n) is 1.43. The van der Waals surface area contributed by atoms with Gasteiger partial charge in [0.05, 0.1) is 25.3 Å². The molecule has 0 heterocycles. The van der Waals surface area contributed by atoms with Crippen LogP contribution in [0.15, 0.2) is 18.2 Å². The third-order valence-corrected chi connectivity index (χ3v) is 2.32. The Morgan fingerprint density at radius 3 is 2.31 bits per heavy atom. The summed E-state index contributed by atoms with van der Waals surface area (Å²) in [6, 6.07) is 4.87. The molecule has 0 saturated carbocycles. The normalized spacial score (nSPS) is 9.62. The SMILES string of the molecule is BCc1ccc(C(=O)OC)cc1C(=O)OC. The van der Waals surface area contributed by atoms with Gasteiger partial charge in [0.2, 0.25) is 0 Å². The Labute approximate surface area is 95.0 Å². The second-order valence-electron chi connectivity index (χ2n) is 3.21. The van der Waals surface area contributed by atoms with Gasteiger partial charge in [-0.25, -0.2) is 9.59 Å². The predicted molar refractivity (Wildman–Crippen MR) is 61.4 cm³/mol. The molecule has 0 unspecified atom stereocenters. The molecule has 1 aromatic carbocycles. The van der Waals surface area contributed by atoms with Gasteiger partial charge in [-0.3, -0.25) is 0 Å². The maximum Gasteiger partial charge on any atom is 0.338 e. The summed E-state index contributed by atoms with van der Waals surface area (Å²) in [5, 5.41) is 0. The molecule has 84 valence electrons. The lowest BCUT2D eigenvalue weighted by Crippen LogP contribution is -2.09. The zero-order chi connectivity index (χ0) is 12.1. The van der Waals surface area contributed by atoms with Crippen LogP contribution in [-0.2, 0) is 15.8 Å². The quantitative estimate of drug-likeness (QED) is 0.546. The summed E-state index contributed by atoms with van der Waals surface area (Å²) in [6.45, 7) is 0. The van der Waals surface area contributed by atoms with Crippen molar-refractivity contribution in [1.29, 1.82) is 0 Å². The monoisotopic (exact) mass is 220 g/mol. The molecule has 0 aliphatic rings. The van der Waals surface area contributed by atoms with E-state index in [2.05, 4.69) is 9.47 Å². The van der Waals surface area contributed by atoms with Gasteiger partial charge in [0.25, 0.3) is 0 Å². The lowest BCUT2D eigenvalue weighted by atomic mass is 9.92. The van der Waals surface area contributed by atoms with E-state index in [-0.39, 0.29) is 0 Å². The first-order valence-electron chi connectivity index (χ1n) is 4.93. The second-order valence-corrected chi connectivity index (χ2v) is 3.21. The highest BCUT2D eigenvalue weighted by atomic mass is 16.5. The molecule has 0 bridgehead atoms. The molecular weight excluding hydrogens is 207 g/mol. The topological polar surface area (TPSA) is 52.6 Å². The van der Waals surface area contributed by atoms with Gasteiger partial charge < -0.3 is 9.47 Å². The molecule has 0 aromatic heterocycles. The first kappa shape index (κ1) is 12.3. The second kappa shape index (κ2) is 5.35. The highest BCUT2D eigenvalue weighted by Gasteiger charge is 2.14. The van der Waals surface area contributed by atoms with Crippen LogP contribution in [0.5, 0.6) is 0 Å². The van der Waals surface area contributed by atoms with E-state index in [0.717, 1.165) is 5.56 Å². The number of carbonyl (C=O) groups is 2. The van der Waals surface area contributed by atoms with E-state index in [9.17, 15) is 9.59 Å². The average molecular weight is 220 g/mol. The summed E-state index contributed by atoms with van der Waals surface area (Å²) in [5.74, 6) is -0.907. The van der Waals surface area contributed by atoms with Crippen LogP contribution in [0.4, 0.5) is 0 Å². The smallest absolute Gasteiger partial charge is 0.338 e. The van der Waals surface area contributed by atoms with Crippen LogP contribution in [0.1, 0.15) is 26.3 Å². The minimum atomic E-state index is -0.465. The van der Waals surface area contributed by atoms with Crippen LogP contribution >= 0.6 is 0 Å².